The van der Waals surface area contributed by atoms with Gasteiger partial charge in [0.15, 0.2) is 11.6 Å². The lowest BCUT2D eigenvalue weighted by molar-refractivity contribution is 0.281. The SMILES string of the molecule is CNCc1cccc(F)c1OCc1cccc(C#N)c1F. The van der Waals surface area contributed by atoms with Crippen LogP contribution in [0.1, 0.15) is 16.7 Å². The highest BCUT2D eigenvalue weighted by atomic mass is 19.1. The summed E-state index contributed by atoms with van der Waals surface area (Å²) >= 11 is 0. The average Bonchev–Trinajstić information content (AvgIpc) is 2.48. The van der Waals surface area contributed by atoms with Crippen molar-refractivity contribution in [3.05, 3.63) is 64.7 Å². The van der Waals surface area contributed by atoms with E-state index in [0.29, 0.717) is 12.1 Å². The predicted molar refractivity (Wildman–Crippen MR) is 74.6 cm³/mol. The summed E-state index contributed by atoms with van der Waals surface area (Å²) in [5.74, 6) is -1.04. The molecule has 0 bridgehead atoms. The van der Waals surface area contributed by atoms with Crippen LogP contribution in [0, 0.1) is 23.0 Å². The third-order valence-corrected chi connectivity index (χ3v) is 2.99. The Kier molecular flexibility index (Phi) is 4.85. The predicted octanol–water partition coefficient (Wildman–Crippen LogP) is 3.13. The molecule has 5 heteroatoms. The second kappa shape index (κ2) is 6.82. The van der Waals surface area contributed by atoms with Gasteiger partial charge in [0.05, 0.1) is 5.56 Å². The Bertz CT molecular complexity index is 680. The van der Waals surface area contributed by atoms with Gasteiger partial charge in [0, 0.05) is 17.7 Å². The maximum atomic E-state index is 13.9. The minimum atomic E-state index is -0.633. The zero-order valence-corrected chi connectivity index (χ0v) is 11.5. The first kappa shape index (κ1) is 14.9. The number of hydrogen-bond donors (Lipinski definition) is 1. The topological polar surface area (TPSA) is 45.0 Å². The molecule has 0 saturated carbocycles. The minimum absolute atomic E-state index is 0.0555. The zero-order valence-electron chi connectivity index (χ0n) is 11.5. The summed E-state index contributed by atoms with van der Waals surface area (Å²) in [6.07, 6.45) is 0. The number of nitrogens with one attached hydrogen (secondary N) is 1. The molecule has 21 heavy (non-hydrogen) atoms. The number of para-hydroxylation sites is 1. The van der Waals surface area contributed by atoms with Gasteiger partial charge in [-0.25, -0.2) is 8.78 Å². The minimum Gasteiger partial charge on any atom is -0.485 e. The van der Waals surface area contributed by atoms with E-state index < -0.39 is 11.6 Å². The van der Waals surface area contributed by atoms with Crippen molar-refractivity contribution < 1.29 is 13.5 Å². The van der Waals surface area contributed by atoms with Gasteiger partial charge in [-0.15, -0.1) is 0 Å². The highest BCUT2D eigenvalue weighted by Crippen LogP contribution is 2.24. The van der Waals surface area contributed by atoms with E-state index in [1.807, 2.05) is 0 Å². The van der Waals surface area contributed by atoms with Gasteiger partial charge in [-0.2, -0.15) is 5.26 Å². The Morgan fingerprint density at radius 3 is 2.57 bits per heavy atom. The summed E-state index contributed by atoms with van der Waals surface area (Å²) in [5, 5.41) is 11.7. The molecule has 1 N–H and O–H groups in total. The van der Waals surface area contributed by atoms with Crippen LogP contribution >= 0.6 is 0 Å². The number of ether oxygens (including phenoxy) is 1. The van der Waals surface area contributed by atoms with E-state index in [1.54, 1.807) is 31.3 Å². The van der Waals surface area contributed by atoms with Crippen LogP contribution in [0.2, 0.25) is 0 Å². The molecule has 0 unspecified atom stereocenters. The Labute approximate surface area is 121 Å². The largest absolute Gasteiger partial charge is 0.485 e. The van der Waals surface area contributed by atoms with Crippen molar-refractivity contribution >= 4 is 0 Å². The fraction of sp³-hybridized carbons (Fsp3) is 0.188. The number of halogens is 2. The Morgan fingerprint density at radius 2 is 1.86 bits per heavy atom. The third-order valence-electron chi connectivity index (χ3n) is 2.99. The number of benzene rings is 2. The van der Waals surface area contributed by atoms with E-state index in [-0.39, 0.29) is 23.5 Å². The number of nitrogens with zero attached hydrogens (tertiary/aromatic N) is 1. The van der Waals surface area contributed by atoms with Gasteiger partial charge in [-0.3, -0.25) is 0 Å². The van der Waals surface area contributed by atoms with Crippen molar-refractivity contribution in [1.82, 2.24) is 5.32 Å². The van der Waals surface area contributed by atoms with Gasteiger partial charge in [0.25, 0.3) is 0 Å². The first-order valence-corrected chi connectivity index (χ1v) is 6.39. The Morgan fingerprint density at radius 1 is 1.14 bits per heavy atom. The molecule has 0 saturated heterocycles. The van der Waals surface area contributed by atoms with Gasteiger partial charge in [0.2, 0.25) is 0 Å². The molecule has 3 nitrogen and oxygen atoms in total. The molecule has 0 heterocycles. The van der Waals surface area contributed by atoms with Crippen LogP contribution in [-0.2, 0) is 13.2 Å². The standard InChI is InChI=1S/C16H14F2N2O/c1-20-9-12-5-3-7-14(17)16(12)21-10-13-6-2-4-11(8-19)15(13)18/h2-7,20H,9-10H2,1H3. The van der Waals surface area contributed by atoms with Crippen LogP contribution in [0.25, 0.3) is 0 Å². The van der Waals surface area contributed by atoms with Crippen LogP contribution < -0.4 is 10.1 Å². The molecule has 2 rings (SSSR count). The van der Waals surface area contributed by atoms with Crippen molar-refractivity contribution in [2.45, 2.75) is 13.2 Å². The second-order valence-corrected chi connectivity index (χ2v) is 4.44. The van der Waals surface area contributed by atoms with Crippen LogP contribution in [0.5, 0.6) is 5.75 Å². The smallest absolute Gasteiger partial charge is 0.165 e. The normalized spacial score (nSPS) is 10.2. The molecule has 108 valence electrons. The number of rotatable bonds is 5. The van der Waals surface area contributed by atoms with E-state index in [2.05, 4.69) is 5.32 Å². The fourth-order valence-corrected chi connectivity index (χ4v) is 1.97. The summed E-state index contributed by atoms with van der Waals surface area (Å²) in [6.45, 7) is 0.298. The lowest BCUT2D eigenvalue weighted by Gasteiger charge is -2.13. The molecule has 0 atom stereocenters. The fourth-order valence-electron chi connectivity index (χ4n) is 1.97. The number of hydrogen-bond acceptors (Lipinski definition) is 3. The van der Waals surface area contributed by atoms with E-state index >= 15 is 0 Å². The highest BCUT2D eigenvalue weighted by molar-refractivity contribution is 5.37. The summed E-state index contributed by atoms with van der Waals surface area (Å²) in [6, 6.07) is 10.8. The van der Waals surface area contributed by atoms with Crippen LogP contribution in [0.3, 0.4) is 0 Å². The summed E-state index contributed by atoms with van der Waals surface area (Å²) in [4.78, 5) is 0. The van der Waals surface area contributed by atoms with E-state index in [4.69, 9.17) is 10.00 Å². The Hall–Kier alpha value is -2.45. The van der Waals surface area contributed by atoms with Gasteiger partial charge in [0.1, 0.15) is 18.5 Å². The van der Waals surface area contributed by atoms with Gasteiger partial charge in [-0.1, -0.05) is 24.3 Å². The lowest BCUT2D eigenvalue weighted by Crippen LogP contribution is -2.09. The zero-order chi connectivity index (χ0) is 15.2. The van der Waals surface area contributed by atoms with Gasteiger partial charge < -0.3 is 10.1 Å². The molecule has 0 aliphatic rings. The molecule has 0 aliphatic carbocycles. The van der Waals surface area contributed by atoms with Crippen molar-refractivity contribution in [2.75, 3.05) is 7.05 Å². The van der Waals surface area contributed by atoms with Gasteiger partial charge in [-0.05, 0) is 19.2 Å². The third kappa shape index (κ3) is 3.36. The number of nitriles is 1. The van der Waals surface area contributed by atoms with Crippen LogP contribution in [-0.4, -0.2) is 7.05 Å². The molecule has 0 fully saturated rings. The van der Waals surface area contributed by atoms with Crippen LogP contribution in [0.4, 0.5) is 8.78 Å². The molecule has 2 aromatic rings. The Balaban J connectivity index is 2.23. The highest BCUT2D eigenvalue weighted by Gasteiger charge is 2.12. The van der Waals surface area contributed by atoms with E-state index in [0.717, 1.165) is 0 Å². The summed E-state index contributed by atoms with van der Waals surface area (Å²) < 4.78 is 33.2. The van der Waals surface area contributed by atoms with Gasteiger partial charge >= 0.3 is 0 Å². The van der Waals surface area contributed by atoms with E-state index in [9.17, 15) is 8.78 Å². The van der Waals surface area contributed by atoms with Crippen molar-refractivity contribution in [2.24, 2.45) is 0 Å². The molecule has 0 spiro atoms. The van der Waals surface area contributed by atoms with Crippen molar-refractivity contribution in [3.8, 4) is 11.8 Å². The van der Waals surface area contributed by atoms with Crippen LogP contribution in [0.15, 0.2) is 36.4 Å². The summed E-state index contributed by atoms with van der Waals surface area (Å²) in [5.41, 5.74) is 0.808. The monoisotopic (exact) mass is 288 g/mol. The lowest BCUT2D eigenvalue weighted by atomic mass is 10.1. The molecular formula is C16H14F2N2O. The molecule has 2 aromatic carbocycles. The quantitative estimate of drug-likeness (QED) is 0.919. The maximum absolute atomic E-state index is 13.9. The van der Waals surface area contributed by atoms with Crippen molar-refractivity contribution in [1.29, 1.82) is 5.26 Å². The first-order valence-electron chi connectivity index (χ1n) is 6.39. The second-order valence-electron chi connectivity index (χ2n) is 4.44. The van der Waals surface area contributed by atoms with Crippen molar-refractivity contribution in [3.63, 3.8) is 0 Å². The summed E-state index contributed by atoms with van der Waals surface area (Å²) in [7, 11) is 1.74. The maximum Gasteiger partial charge on any atom is 0.165 e. The molecule has 0 aromatic heterocycles. The first-order chi connectivity index (χ1) is 10.2. The average molecular weight is 288 g/mol. The molecule has 0 aliphatic heterocycles. The molecule has 0 amide bonds. The van der Waals surface area contributed by atoms with E-state index in [1.165, 1.54) is 18.2 Å². The molecular weight excluding hydrogens is 274 g/mol. The molecule has 0 radical (unpaired) electrons.